The standard InChI is InChI=1S/C55H37N3/c1-6-16-38(17-7-1)43-26-27-45-31-46(29-28-44(45)30-43)50-33-49(41-22-12-4-13-23-41)36-52(37-50)55-57-53(42-24-14-5-15-25-42)56-54(58-55)51-34-47(39-18-8-2-9-19-39)32-48(35-51)40-20-10-3-11-21-40/h1-37H/i2D,3D,4D,5D,8D,9D,10D,11D,12D,13D,14D,15D,18D,19D,20D,21D,22D,23D,24D,25D,32D,34D,35D. The van der Waals surface area contributed by atoms with Crippen LogP contribution in [0.4, 0.5) is 0 Å². The zero-order chi connectivity index (χ0) is 58.7. The van der Waals surface area contributed by atoms with Gasteiger partial charge >= 0.3 is 0 Å². The highest BCUT2D eigenvalue weighted by Crippen LogP contribution is 2.37. The number of hydrogen-bond acceptors (Lipinski definition) is 3. The second kappa shape index (κ2) is 15.4. The van der Waals surface area contributed by atoms with E-state index < -0.39 is 190 Å². The van der Waals surface area contributed by atoms with Crippen LogP contribution in [0.2, 0.25) is 0 Å². The molecule has 0 aliphatic rings. The van der Waals surface area contributed by atoms with Gasteiger partial charge in [-0.05, 0) is 115 Å². The summed E-state index contributed by atoms with van der Waals surface area (Å²) in [5, 5.41) is 1.61. The third kappa shape index (κ3) is 7.21. The lowest BCUT2D eigenvalue weighted by Crippen LogP contribution is -2.01. The predicted molar refractivity (Wildman–Crippen MR) is 241 cm³/mol. The van der Waals surface area contributed by atoms with Crippen molar-refractivity contribution in [1.82, 2.24) is 15.0 Å². The van der Waals surface area contributed by atoms with Crippen LogP contribution in [0, 0.1) is 0 Å². The molecule has 10 aromatic rings. The lowest BCUT2D eigenvalue weighted by atomic mass is 9.93. The third-order valence-corrected chi connectivity index (χ3v) is 9.09. The molecule has 10 rings (SSSR count). The highest BCUT2D eigenvalue weighted by atomic mass is 15.0. The Morgan fingerprint density at radius 2 is 0.638 bits per heavy atom. The fraction of sp³-hybridized carbons (Fsp3) is 0. The Hall–Kier alpha value is -7.75. The van der Waals surface area contributed by atoms with Gasteiger partial charge in [0.15, 0.2) is 17.5 Å². The van der Waals surface area contributed by atoms with Gasteiger partial charge in [-0.2, -0.15) is 0 Å². The highest BCUT2D eigenvalue weighted by Gasteiger charge is 2.17. The number of benzene rings is 9. The molecule has 1 aromatic heterocycles. The zero-order valence-corrected chi connectivity index (χ0v) is 29.9. The molecule has 0 spiro atoms. The largest absolute Gasteiger partial charge is 0.208 e. The first-order chi connectivity index (χ1) is 38.3. The Labute approximate surface area is 371 Å². The number of hydrogen-bond donors (Lipinski definition) is 0. The molecule has 58 heavy (non-hydrogen) atoms. The van der Waals surface area contributed by atoms with E-state index in [0.717, 1.165) is 21.9 Å². The summed E-state index contributed by atoms with van der Waals surface area (Å²) in [6.07, 6.45) is 0. The maximum atomic E-state index is 9.81. The van der Waals surface area contributed by atoms with Crippen molar-refractivity contribution in [3.63, 3.8) is 0 Å². The first-order valence-electron chi connectivity index (χ1n) is 29.2. The molecule has 0 aliphatic heterocycles. The summed E-state index contributed by atoms with van der Waals surface area (Å²) in [5.41, 5.74) is -2.11. The smallest absolute Gasteiger partial charge is 0.164 e. The van der Waals surface area contributed by atoms with Crippen molar-refractivity contribution in [3.8, 4) is 89.8 Å². The average Bonchev–Trinajstić information content (AvgIpc) is 2.76. The van der Waals surface area contributed by atoms with E-state index in [4.69, 9.17) is 32.4 Å². The van der Waals surface area contributed by atoms with Crippen molar-refractivity contribution in [2.45, 2.75) is 0 Å². The van der Waals surface area contributed by atoms with E-state index >= 15 is 0 Å². The number of fused-ring (bicyclic) bond motifs is 1. The van der Waals surface area contributed by atoms with E-state index in [1.165, 1.54) is 12.1 Å². The Balaban J connectivity index is 1.35. The van der Waals surface area contributed by atoms with Gasteiger partial charge < -0.3 is 0 Å². The second-order valence-electron chi connectivity index (χ2n) is 12.7. The van der Waals surface area contributed by atoms with Gasteiger partial charge in [-0.1, -0.05) is 175 Å². The lowest BCUT2D eigenvalue weighted by Gasteiger charge is -2.14. The molecule has 0 bridgehead atoms. The lowest BCUT2D eigenvalue weighted by molar-refractivity contribution is 1.07. The summed E-state index contributed by atoms with van der Waals surface area (Å²) >= 11 is 0. The van der Waals surface area contributed by atoms with E-state index in [1.807, 2.05) is 60.7 Å². The molecule has 0 radical (unpaired) electrons. The van der Waals surface area contributed by atoms with Crippen molar-refractivity contribution in [2.24, 2.45) is 0 Å². The third-order valence-electron chi connectivity index (χ3n) is 9.09. The van der Waals surface area contributed by atoms with Crippen LogP contribution in [0.15, 0.2) is 224 Å². The van der Waals surface area contributed by atoms with Crippen molar-refractivity contribution in [2.75, 3.05) is 0 Å². The maximum absolute atomic E-state index is 9.81. The van der Waals surface area contributed by atoms with E-state index in [9.17, 15) is 4.11 Å². The van der Waals surface area contributed by atoms with Gasteiger partial charge in [0.05, 0.1) is 31.5 Å². The molecule has 0 saturated carbocycles. The molecule has 0 aliphatic carbocycles. The second-order valence-corrected chi connectivity index (χ2v) is 12.7. The summed E-state index contributed by atoms with van der Waals surface area (Å²) in [6, 6.07) is 6.10. The summed E-state index contributed by atoms with van der Waals surface area (Å²) in [6.45, 7) is 0. The van der Waals surface area contributed by atoms with Gasteiger partial charge in [0.25, 0.3) is 0 Å². The minimum atomic E-state index is -0.978. The molecule has 0 unspecified atom stereocenters. The topological polar surface area (TPSA) is 38.7 Å². The zero-order valence-electron chi connectivity index (χ0n) is 52.9. The van der Waals surface area contributed by atoms with Crippen LogP contribution in [0.25, 0.3) is 101 Å². The van der Waals surface area contributed by atoms with Crippen LogP contribution in [-0.2, 0) is 0 Å². The van der Waals surface area contributed by atoms with Crippen molar-refractivity contribution in [1.29, 1.82) is 0 Å². The Kier molecular flexibility index (Phi) is 4.79. The number of nitrogens with zero attached hydrogens (tertiary/aromatic N) is 3. The summed E-state index contributed by atoms with van der Waals surface area (Å²) in [4.78, 5) is 13.9. The van der Waals surface area contributed by atoms with Gasteiger partial charge in [-0.15, -0.1) is 0 Å². The van der Waals surface area contributed by atoms with Crippen molar-refractivity contribution < 1.29 is 31.5 Å². The van der Waals surface area contributed by atoms with Crippen LogP contribution in [0.1, 0.15) is 31.5 Å². The maximum Gasteiger partial charge on any atom is 0.164 e. The molecule has 0 saturated heterocycles. The molecule has 3 heteroatoms. The van der Waals surface area contributed by atoms with E-state index in [0.29, 0.717) is 11.1 Å². The molecule has 272 valence electrons. The minimum absolute atomic E-state index is 0.0122. The molecule has 0 N–H and O–H groups in total. The molecular formula is C55H37N3. The van der Waals surface area contributed by atoms with Crippen molar-refractivity contribution in [3.05, 3.63) is 224 Å². The molecule has 0 atom stereocenters. The first-order valence-corrected chi connectivity index (χ1v) is 17.7. The van der Waals surface area contributed by atoms with Gasteiger partial charge in [0, 0.05) is 16.7 Å². The van der Waals surface area contributed by atoms with Gasteiger partial charge in [0.1, 0.15) is 0 Å². The van der Waals surface area contributed by atoms with Gasteiger partial charge in [0.2, 0.25) is 0 Å². The summed E-state index contributed by atoms with van der Waals surface area (Å²) in [5.74, 6) is -1.93. The quantitative estimate of drug-likeness (QED) is 0.155. The summed E-state index contributed by atoms with van der Waals surface area (Å²) in [7, 11) is 0. The minimum Gasteiger partial charge on any atom is -0.208 e. The number of aromatic nitrogens is 3. The summed E-state index contributed by atoms with van der Waals surface area (Å²) < 4.78 is 203. The fourth-order valence-corrected chi connectivity index (χ4v) is 6.37. The Morgan fingerprint density at radius 1 is 0.259 bits per heavy atom. The van der Waals surface area contributed by atoms with Crippen LogP contribution in [-0.4, -0.2) is 15.0 Å². The SMILES string of the molecule is [2H]c1c([2H])c([2H])c(-c2cc(-c3ccc4cc(-c5ccccc5)ccc4c3)cc(-c3nc(-c4c([2H])c([2H])c([2H])c([2H])c4[2H])nc(-c4c([2H])c(-c5c([2H])c([2H])c([2H])c([2H])c5[2H])c([2H])c(-c5c([2H])c([2H])c([2H])c([2H])c5[2H])c4[2H])n3)c2)c([2H])c1[2H]. The Morgan fingerprint density at radius 3 is 1.16 bits per heavy atom. The number of rotatable bonds is 8. The van der Waals surface area contributed by atoms with E-state index in [1.54, 1.807) is 12.1 Å². The molecule has 1 heterocycles. The van der Waals surface area contributed by atoms with Crippen LogP contribution >= 0.6 is 0 Å². The fourth-order valence-electron chi connectivity index (χ4n) is 6.37. The van der Waals surface area contributed by atoms with Gasteiger partial charge in [-0.25, -0.2) is 15.0 Å². The predicted octanol–water partition coefficient (Wildman–Crippen LogP) is 14.4. The first kappa shape index (κ1) is 18.0. The highest BCUT2D eigenvalue weighted by molar-refractivity contribution is 5.92. The molecule has 3 nitrogen and oxygen atoms in total. The van der Waals surface area contributed by atoms with Crippen LogP contribution in [0.3, 0.4) is 0 Å². The van der Waals surface area contributed by atoms with Crippen LogP contribution in [0.5, 0.6) is 0 Å². The average molecular weight is 763 g/mol. The van der Waals surface area contributed by atoms with Crippen molar-refractivity contribution >= 4 is 10.8 Å². The normalized spacial score (nSPS) is 16.7. The molecule has 0 amide bonds. The van der Waals surface area contributed by atoms with Gasteiger partial charge in [-0.3, -0.25) is 0 Å². The Bertz CT molecular complexity index is 4180. The molecular weight excluding hydrogens is 703 g/mol. The monoisotopic (exact) mass is 762 g/mol. The molecule has 0 fully saturated rings. The molecule has 9 aromatic carbocycles. The van der Waals surface area contributed by atoms with Crippen LogP contribution < -0.4 is 0 Å². The van der Waals surface area contributed by atoms with E-state index in [-0.39, 0.29) is 16.7 Å². The van der Waals surface area contributed by atoms with E-state index in [2.05, 4.69) is 9.97 Å².